The number of hydrogen-bond acceptors (Lipinski definition) is 2. The van der Waals surface area contributed by atoms with Gasteiger partial charge in [-0.25, -0.2) is 8.78 Å². The van der Waals surface area contributed by atoms with Crippen molar-refractivity contribution in [2.45, 2.75) is 12.8 Å². The van der Waals surface area contributed by atoms with Crippen molar-refractivity contribution in [2.75, 3.05) is 6.54 Å². The highest BCUT2D eigenvalue weighted by Crippen LogP contribution is 2.35. The van der Waals surface area contributed by atoms with E-state index >= 15 is 0 Å². The van der Waals surface area contributed by atoms with Crippen LogP contribution >= 0.6 is 0 Å². The summed E-state index contributed by atoms with van der Waals surface area (Å²) in [6.07, 6.45) is 1.53. The first-order chi connectivity index (χ1) is 11.1. The number of fused-ring (bicyclic) bond motifs is 1. The molecule has 0 amide bonds. The van der Waals surface area contributed by atoms with E-state index in [1.165, 1.54) is 12.1 Å². The Morgan fingerprint density at radius 3 is 2.65 bits per heavy atom. The lowest BCUT2D eigenvalue weighted by molar-refractivity contribution is 0.407. The molecule has 0 aliphatic heterocycles. The summed E-state index contributed by atoms with van der Waals surface area (Å²) in [6.45, 7) is 0.563. The van der Waals surface area contributed by atoms with Crippen molar-refractivity contribution in [1.82, 2.24) is 4.57 Å². The average Bonchev–Trinajstić information content (AvgIpc) is 2.81. The molecule has 1 heterocycles. The zero-order chi connectivity index (χ0) is 16.4. The summed E-state index contributed by atoms with van der Waals surface area (Å²) in [6, 6.07) is 11.2. The van der Waals surface area contributed by atoms with Gasteiger partial charge in [0.05, 0.1) is 5.52 Å². The molecule has 3 rings (SSSR count). The normalized spacial score (nSPS) is 11.1. The maximum atomic E-state index is 13.9. The van der Waals surface area contributed by atoms with E-state index in [4.69, 9.17) is 10.5 Å². The molecule has 0 unspecified atom stereocenters. The summed E-state index contributed by atoms with van der Waals surface area (Å²) in [7, 11) is 1.87. The van der Waals surface area contributed by atoms with E-state index in [0.717, 1.165) is 35.4 Å². The van der Waals surface area contributed by atoms with Gasteiger partial charge in [0.2, 0.25) is 5.88 Å². The van der Waals surface area contributed by atoms with Gasteiger partial charge in [0.25, 0.3) is 0 Å². The highest BCUT2D eigenvalue weighted by Gasteiger charge is 2.18. The van der Waals surface area contributed by atoms with E-state index in [0.29, 0.717) is 12.4 Å². The van der Waals surface area contributed by atoms with E-state index in [2.05, 4.69) is 0 Å². The molecule has 0 bridgehead atoms. The van der Waals surface area contributed by atoms with E-state index in [1.54, 1.807) is 0 Å². The van der Waals surface area contributed by atoms with Crippen LogP contribution in [0.4, 0.5) is 8.78 Å². The van der Waals surface area contributed by atoms with Gasteiger partial charge in [-0.05, 0) is 37.6 Å². The molecule has 23 heavy (non-hydrogen) atoms. The predicted molar refractivity (Wildman–Crippen MR) is 86.7 cm³/mol. The van der Waals surface area contributed by atoms with Crippen LogP contribution in [-0.4, -0.2) is 11.1 Å². The number of aromatic nitrogens is 1. The number of nitrogens with zero attached hydrogens (tertiary/aromatic N) is 1. The SMILES string of the molecule is Cn1c(Oc2ccc(F)cc2F)c(CCCN)c2ccccc21. The highest BCUT2D eigenvalue weighted by atomic mass is 19.1. The van der Waals surface area contributed by atoms with Crippen molar-refractivity contribution in [3.05, 3.63) is 59.7 Å². The molecule has 2 N–H and O–H groups in total. The lowest BCUT2D eigenvalue weighted by atomic mass is 10.1. The van der Waals surface area contributed by atoms with Crippen molar-refractivity contribution in [3.8, 4) is 11.6 Å². The second kappa shape index (κ2) is 6.38. The summed E-state index contributed by atoms with van der Waals surface area (Å²) >= 11 is 0. The molecule has 3 aromatic rings. The molecule has 5 heteroatoms. The van der Waals surface area contributed by atoms with Gasteiger partial charge in [-0.2, -0.15) is 0 Å². The minimum absolute atomic E-state index is 0.00584. The number of aryl methyl sites for hydroxylation is 2. The van der Waals surface area contributed by atoms with E-state index in [-0.39, 0.29) is 5.75 Å². The quantitative estimate of drug-likeness (QED) is 0.768. The van der Waals surface area contributed by atoms with Crippen LogP contribution in [-0.2, 0) is 13.5 Å². The van der Waals surface area contributed by atoms with Gasteiger partial charge < -0.3 is 15.0 Å². The topological polar surface area (TPSA) is 40.2 Å². The van der Waals surface area contributed by atoms with Crippen LogP contribution in [0.1, 0.15) is 12.0 Å². The molecular weight excluding hydrogens is 298 g/mol. The van der Waals surface area contributed by atoms with Crippen LogP contribution in [0, 0.1) is 11.6 Å². The number of hydrogen-bond donors (Lipinski definition) is 1. The largest absolute Gasteiger partial charge is 0.437 e. The molecular formula is C18H18F2N2O. The number of nitrogens with two attached hydrogens (primary N) is 1. The lowest BCUT2D eigenvalue weighted by Crippen LogP contribution is -2.02. The van der Waals surface area contributed by atoms with E-state index in [9.17, 15) is 8.78 Å². The highest BCUT2D eigenvalue weighted by molar-refractivity contribution is 5.87. The maximum absolute atomic E-state index is 13.9. The Bertz CT molecular complexity index is 842. The maximum Gasteiger partial charge on any atom is 0.204 e. The Balaban J connectivity index is 2.09. The van der Waals surface area contributed by atoms with Crippen LogP contribution in [0.3, 0.4) is 0 Å². The fourth-order valence-corrected chi connectivity index (χ4v) is 2.76. The van der Waals surface area contributed by atoms with Crippen LogP contribution in [0.5, 0.6) is 11.6 Å². The number of benzene rings is 2. The minimum Gasteiger partial charge on any atom is -0.437 e. The molecule has 0 saturated heterocycles. The molecule has 0 saturated carbocycles. The second-order valence-corrected chi connectivity index (χ2v) is 5.43. The number of rotatable bonds is 5. The molecule has 0 spiro atoms. The summed E-state index contributed by atoms with van der Waals surface area (Å²) in [5.41, 5.74) is 7.60. The Morgan fingerprint density at radius 1 is 1.13 bits per heavy atom. The van der Waals surface area contributed by atoms with E-state index < -0.39 is 11.6 Å². The molecule has 0 radical (unpaired) electrons. The van der Waals surface area contributed by atoms with Gasteiger partial charge in [0.15, 0.2) is 11.6 Å². The van der Waals surface area contributed by atoms with Crippen molar-refractivity contribution in [2.24, 2.45) is 12.8 Å². The number of para-hydroxylation sites is 1. The first kappa shape index (κ1) is 15.5. The average molecular weight is 316 g/mol. The zero-order valence-electron chi connectivity index (χ0n) is 12.9. The monoisotopic (exact) mass is 316 g/mol. The zero-order valence-corrected chi connectivity index (χ0v) is 12.9. The number of ether oxygens (including phenoxy) is 1. The third-order valence-electron chi connectivity index (χ3n) is 3.88. The Kier molecular flexibility index (Phi) is 4.30. The summed E-state index contributed by atoms with van der Waals surface area (Å²) in [5, 5.41) is 1.06. The molecule has 0 atom stereocenters. The van der Waals surface area contributed by atoms with Crippen molar-refractivity contribution in [1.29, 1.82) is 0 Å². The molecule has 3 nitrogen and oxygen atoms in total. The molecule has 0 aliphatic rings. The third-order valence-corrected chi connectivity index (χ3v) is 3.88. The minimum atomic E-state index is -0.722. The smallest absolute Gasteiger partial charge is 0.204 e. The third kappa shape index (κ3) is 2.92. The first-order valence-corrected chi connectivity index (χ1v) is 7.51. The Hall–Kier alpha value is -2.40. The van der Waals surface area contributed by atoms with Crippen molar-refractivity contribution < 1.29 is 13.5 Å². The van der Waals surface area contributed by atoms with Crippen LogP contribution in [0.15, 0.2) is 42.5 Å². The van der Waals surface area contributed by atoms with E-state index in [1.807, 2.05) is 35.9 Å². The second-order valence-electron chi connectivity index (χ2n) is 5.43. The summed E-state index contributed by atoms with van der Waals surface area (Å²) < 4.78 is 34.6. The van der Waals surface area contributed by atoms with Crippen LogP contribution < -0.4 is 10.5 Å². The molecule has 0 aliphatic carbocycles. The van der Waals surface area contributed by atoms with Gasteiger partial charge in [-0.1, -0.05) is 18.2 Å². The van der Waals surface area contributed by atoms with Crippen LogP contribution in [0.25, 0.3) is 10.9 Å². The summed E-state index contributed by atoms with van der Waals surface area (Å²) in [4.78, 5) is 0. The van der Waals surface area contributed by atoms with Gasteiger partial charge in [-0.3, -0.25) is 0 Å². The van der Waals surface area contributed by atoms with Gasteiger partial charge in [0, 0.05) is 24.1 Å². The fourth-order valence-electron chi connectivity index (χ4n) is 2.76. The molecule has 0 fully saturated rings. The number of halogens is 2. The fraction of sp³-hybridized carbons (Fsp3) is 0.222. The molecule has 1 aromatic heterocycles. The lowest BCUT2D eigenvalue weighted by Gasteiger charge is -2.10. The van der Waals surface area contributed by atoms with Crippen molar-refractivity contribution in [3.63, 3.8) is 0 Å². The Labute approximate surface area is 133 Å². The summed E-state index contributed by atoms with van der Waals surface area (Å²) in [5.74, 6) is -0.785. The van der Waals surface area contributed by atoms with Crippen molar-refractivity contribution >= 4 is 10.9 Å². The Morgan fingerprint density at radius 2 is 1.91 bits per heavy atom. The van der Waals surface area contributed by atoms with Gasteiger partial charge >= 0.3 is 0 Å². The molecule has 2 aromatic carbocycles. The van der Waals surface area contributed by atoms with Crippen LogP contribution in [0.2, 0.25) is 0 Å². The standard InChI is InChI=1S/C18H18F2N2O/c1-22-16-7-3-2-5-13(16)14(6-4-10-21)18(22)23-17-9-8-12(19)11-15(17)20/h2-3,5,7-9,11H,4,6,10,21H2,1H3. The molecule has 120 valence electrons. The predicted octanol–water partition coefficient (Wildman–Crippen LogP) is 4.14. The first-order valence-electron chi connectivity index (χ1n) is 7.51. The van der Waals surface area contributed by atoms with Gasteiger partial charge in [0.1, 0.15) is 5.82 Å². The van der Waals surface area contributed by atoms with Gasteiger partial charge in [-0.15, -0.1) is 0 Å².